The minimum absolute atomic E-state index is 0.960. The van der Waals surface area contributed by atoms with Crippen LogP contribution in [0.2, 0.25) is 0 Å². The van der Waals surface area contributed by atoms with Crippen molar-refractivity contribution >= 4 is 11.0 Å². The van der Waals surface area contributed by atoms with Gasteiger partial charge in [-0.25, -0.2) is 0 Å². The van der Waals surface area contributed by atoms with Crippen molar-refractivity contribution < 1.29 is 4.42 Å². The van der Waals surface area contributed by atoms with Gasteiger partial charge in [-0.3, -0.25) is 0 Å². The van der Waals surface area contributed by atoms with Crippen LogP contribution in [-0.4, -0.2) is 0 Å². The van der Waals surface area contributed by atoms with E-state index in [1.54, 1.807) is 12.3 Å². The monoisotopic (exact) mass is 197 g/mol. The SMILES string of the molecule is [CH]=CC=CCCc1ccc2ccoc2c1. The fourth-order valence-electron chi connectivity index (χ4n) is 1.58. The first-order valence-electron chi connectivity index (χ1n) is 5.06. The van der Waals surface area contributed by atoms with Crippen LogP contribution in [0, 0.1) is 6.58 Å². The Kier molecular flexibility index (Phi) is 3.03. The van der Waals surface area contributed by atoms with Crippen molar-refractivity contribution in [3.05, 3.63) is 60.9 Å². The van der Waals surface area contributed by atoms with Crippen molar-refractivity contribution in [2.45, 2.75) is 12.8 Å². The van der Waals surface area contributed by atoms with Gasteiger partial charge in [-0.05, 0) is 30.5 Å². The number of hydrogen-bond donors (Lipinski definition) is 0. The Hall–Kier alpha value is -1.76. The highest BCUT2D eigenvalue weighted by molar-refractivity contribution is 5.77. The molecule has 1 nitrogen and oxygen atoms in total. The summed E-state index contributed by atoms with van der Waals surface area (Å²) in [5.74, 6) is 0. The van der Waals surface area contributed by atoms with Crippen LogP contribution in [0.1, 0.15) is 12.0 Å². The van der Waals surface area contributed by atoms with Crippen molar-refractivity contribution in [2.24, 2.45) is 0 Å². The summed E-state index contributed by atoms with van der Waals surface area (Å²) in [5, 5.41) is 1.16. The predicted molar refractivity (Wildman–Crippen MR) is 62.5 cm³/mol. The summed E-state index contributed by atoms with van der Waals surface area (Å²) in [4.78, 5) is 0. The molecule has 0 aliphatic heterocycles. The van der Waals surface area contributed by atoms with E-state index in [0.717, 1.165) is 23.8 Å². The molecule has 0 fully saturated rings. The zero-order valence-corrected chi connectivity index (χ0v) is 8.52. The summed E-state index contributed by atoms with van der Waals surface area (Å²) in [6.45, 7) is 5.24. The third kappa shape index (κ3) is 2.38. The van der Waals surface area contributed by atoms with Gasteiger partial charge in [0, 0.05) is 5.39 Å². The minimum atomic E-state index is 0.960. The summed E-state index contributed by atoms with van der Waals surface area (Å²) in [5.41, 5.74) is 2.25. The largest absolute Gasteiger partial charge is 0.464 e. The molecule has 1 radical (unpaired) electrons. The van der Waals surface area contributed by atoms with E-state index in [1.807, 2.05) is 12.1 Å². The highest BCUT2D eigenvalue weighted by Gasteiger charge is 1.97. The van der Waals surface area contributed by atoms with Crippen LogP contribution in [0.4, 0.5) is 0 Å². The normalized spacial score (nSPS) is 11.2. The van der Waals surface area contributed by atoms with Gasteiger partial charge in [-0.2, -0.15) is 0 Å². The molecule has 1 heteroatoms. The van der Waals surface area contributed by atoms with Gasteiger partial charge < -0.3 is 4.42 Å². The van der Waals surface area contributed by atoms with Gasteiger partial charge in [0.2, 0.25) is 0 Å². The maximum absolute atomic E-state index is 5.34. The summed E-state index contributed by atoms with van der Waals surface area (Å²) < 4.78 is 5.34. The number of benzene rings is 1. The lowest BCUT2D eigenvalue weighted by atomic mass is 10.1. The van der Waals surface area contributed by atoms with Crippen molar-refractivity contribution in [1.29, 1.82) is 0 Å². The second-order valence-electron chi connectivity index (χ2n) is 3.45. The quantitative estimate of drug-likeness (QED) is 0.677. The second-order valence-corrected chi connectivity index (χ2v) is 3.45. The molecule has 15 heavy (non-hydrogen) atoms. The molecule has 1 aromatic carbocycles. The standard InChI is InChI=1S/C14H13O/c1-2-3-4-5-6-12-7-8-13-9-10-15-14(13)11-12/h1-4,7-11H,5-6H2. The van der Waals surface area contributed by atoms with E-state index in [2.05, 4.69) is 24.3 Å². The first-order valence-corrected chi connectivity index (χ1v) is 5.06. The number of rotatable bonds is 4. The first-order chi connectivity index (χ1) is 7.40. The fraction of sp³-hybridized carbons (Fsp3) is 0.143. The number of allylic oxidation sites excluding steroid dienone is 3. The summed E-state index contributed by atoms with van der Waals surface area (Å²) in [6.07, 6.45) is 9.21. The van der Waals surface area contributed by atoms with E-state index in [-0.39, 0.29) is 0 Å². The number of aryl methyl sites for hydroxylation is 1. The molecule has 2 rings (SSSR count). The third-order valence-electron chi connectivity index (χ3n) is 2.37. The summed E-state index contributed by atoms with van der Waals surface area (Å²) in [7, 11) is 0. The molecule has 0 aliphatic rings. The molecule has 2 aromatic rings. The van der Waals surface area contributed by atoms with Crippen LogP contribution in [0.15, 0.2) is 53.2 Å². The Morgan fingerprint density at radius 2 is 2.20 bits per heavy atom. The van der Waals surface area contributed by atoms with Crippen molar-refractivity contribution in [3.8, 4) is 0 Å². The van der Waals surface area contributed by atoms with E-state index in [1.165, 1.54) is 5.56 Å². The molecule has 0 aliphatic carbocycles. The number of fused-ring (bicyclic) bond motifs is 1. The van der Waals surface area contributed by atoms with Gasteiger partial charge in [0.05, 0.1) is 6.26 Å². The topological polar surface area (TPSA) is 13.1 Å². The molecule has 0 atom stereocenters. The van der Waals surface area contributed by atoms with Crippen LogP contribution in [0.25, 0.3) is 11.0 Å². The van der Waals surface area contributed by atoms with Crippen molar-refractivity contribution in [3.63, 3.8) is 0 Å². The Morgan fingerprint density at radius 1 is 1.27 bits per heavy atom. The smallest absolute Gasteiger partial charge is 0.134 e. The molecular formula is C14H13O. The molecule has 0 saturated carbocycles. The van der Waals surface area contributed by atoms with Gasteiger partial charge in [-0.15, -0.1) is 0 Å². The van der Waals surface area contributed by atoms with Crippen molar-refractivity contribution in [2.75, 3.05) is 0 Å². The lowest BCUT2D eigenvalue weighted by molar-refractivity contribution is 0.615. The van der Waals surface area contributed by atoms with Crippen molar-refractivity contribution in [1.82, 2.24) is 0 Å². The van der Waals surface area contributed by atoms with Crippen LogP contribution < -0.4 is 0 Å². The zero-order valence-electron chi connectivity index (χ0n) is 8.52. The molecule has 0 saturated heterocycles. The Morgan fingerprint density at radius 3 is 3.07 bits per heavy atom. The maximum Gasteiger partial charge on any atom is 0.134 e. The van der Waals surface area contributed by atoms with E-state index in [4.69, 9.17) is 11.0 Å². The molecule has 75 valence electrons. The van der Waals surface area contributed by atoms with Gasteiger partial charge in [0.25, 0.3) is 0 Å². The number of hydrogen-bond acceptors (Lipinski definition) is 1. The maximum atomic E-state index is 5.34. The minimum Gasteiger partial charge on any atom is -0.464 e. The Balaban J connectivity index is 2.07. The first kappa shape index (κ1) is 9.78. The van der Waals surface area contributed by atoms with Gasteiger partial charge in [-0.1, -0.05) is 36.9 Å². The van der Waals surface area contributed by atoms with Crippen LogP contribution in [-0.2, 0) is 6.42 Å². The Labute approximate surface area is 89.7 Å². The average Bonchev–Trinajstić information content (AvgIpc) is 2.71. The highest BCUT2D eigenvalue weighted by atomic mass is 16.3. The summed E-state index contributed by atoms with van der Waals surface area (Å²) in [6, 6.07) is 8.29. The van der Waals surface area contributed by atoms with E-state index >= 15 is 0 Å². The summed E-state index contributed by atoms with van der Waals surface area (Å²) >= 11 is 0. The van der Waals surface area contributed by atoms with Gasteiger partial charge in [0.1, 0.15) is 5.58 Å². The van der Waals surface area contributed by atoms with Crippen LogP contribution in [0.3, 0.4) is 0 Å². The molecule has 0 spiro atoms. The average molecular weight is 197 g/mol. The Bertz CT molecular complexity index is 477. The molecule has 0 bridgehead atoms. The molecule has 0 amide bonds. The van der Waals surface area contributed by atoms with E-state index in [0.29, 0.717) is 0 Å². The van der Waals surface area contributed by atoms with Gasteiger partial charge >= 0.3 is 0 Å². The molecule has 0 unspecified atom stereocenters. The predicted octanol–water partition coefficient (Wildman–Crippen LogP) is 3.91. The zero-order chi connectivity index (χ0) is 10.5. The van der Waals surface area contributed by atoms with E-state index < -0.39 is 0 Å². The lowest BCUT2D eigenvalue weighted by Gasteiger charge is -1.97. The molecule has 1 heterocycles. The van der Waals surface area contributed by atoms with Gasteiger partial charge in [0.15, 0.2) is 0 Å². The molecule has 1 aromatic heterocycles. The lowest BCUT2D eigenvalue weighted by Crippen LogP contribution is -1.81. The highest BCUT2D eigenvalue weighted by Crippen LogP contribution is 2.17. The number of furan rings is 1. The fourth-order valence-corrected chi connectivity index (χ4v) is 1.58. The third-order valence-corrected chi connectivity index (χ3v) is 2.37. The molecular weight excluding hydrogens is 184 g/mol. The van der Waals surface area contributed by atoms with Crippen LogP contribution >= 0.6 is 0 Å². The van der Waals surface area contributed by atoms with E-state index in [9.17, 15) is 0 Å². The van der Waals surface area contributed by atoms with Crippen LogP contribution in [0.5, 0.6) is 0 Å². The second kappa shape index (κ2) is 4.65. The molecule has 0 N–H and O–H groups in total.